The highest BCUT2D eigenvalue weighted by Crippen LogP contribution is 2.27. The number of hydrogen-bond acceptors (Lipinski definition) is 2. The maximum atomic E-state index is 13.0. The quantitative estimate of drug-likeness (QED) is 0.889. The molecule has 1 saturated heterocycles. The highest BCUT2D eigenvalue weighted by atomic mass is 35.5. The molecule has 1 aliphatic carbocycles. The van der Waals surface area contributed by atoms with Gasteiger partial charge in [-0.2, -0.15) is 0 Å². The summed E-state index contributed by atoms with van der Waals surface area (Å²) >= 11 is 6.02. The lowest BCUT2D eigenvalue weighted by atomic mass is 9.94. The van der Waals surface area contributed by atoms with Crippen molar-refractivity contribution in [3.8, 4) is 0 Å². The van der Waals surface area contributed by atoms with E-state index >= 15 is 0 Å². The Hall–Kier alpha value is -1.06. The van der Waals surface area contributed by atoms with Gasteiger partial charge in [-0.05, 0) is 56.5 Å². The molecule has 3 nitrogen and oxygen atoms in total. The van der Waals surface area contributed by atoms with E-state index in [4.69, 9.17) is 11.6 Å². The van der Waals surface area contributed by atoms with Crippen LogP contribution >= 0.6 is 11.6 Å². The zero-order chi connectivity index (χ0) is 16.1. The van der Waals surface area contributed by atoms with Crippen LogP contribution in [0.25, 0.3) is 0 Å². The summed E-state index contributed by atoms with van der Waals surface area (Å²) in [6, 6.07) is 7.97. The molecule has 2 aliphatic rings. The van der Waals surface area contributed by atoms with E-state index in [1.807, 2.05) is 24.3 Å². The Bertz CT molecular complexity index is 505. The standard InChI is InChI=1S/C19H27ClN2O/c20-16-11-9-15(10-12-16)18(22-13-5-2-6-14-22)19(23)21-17-7-3-1-4-8-17/h9-12,17-18H,1-8,13-14H2,(H,21,23)/t18-/m1/s1. The second-order valence-corrected chi connectivity index (χ2v) is 7.33. The van der Waals surface area contributed by atoms with Gasteiger partial charge in [0.25, 0.3) is 0 Å². The number of halogens is 1. The molecule has 23 heavy (non-hydrogen) atoms. The zero-order valence-corrected chi connectivity index (χ0v) is 14.5. The molecule has 0 radical (unpaired) electrons. The second-order valence-electron chi connectivity index (χ2n) is 6.89. The molecular formula is C19H27ClN2O. The molecule has 0 unspecified atom stereocenters. The fourth-order valence-electron chi connectivity index (χ4n) is 3.88. The fourth-order valence-corrected chi connectivity index (χ4v) is 4.00. The SMILES string of the molecule is O=C(NC1CCCCC1)[C@@H](c1ccc(Cl)cc1)N1CCCCC1. The van der Waals surface area contributed by atoms with Crippen LogP contribution in [0.2, 0.25) is 5.02 Å². The largest absolute Gasteiger partial charge is 0.352 e. The molecule has 1 atom stereocenters. The number of piperidine rings is 1. The Balaban J connectivity index is 1.75. The molecule has 1 heterocycles. The van der Waals surface area contributed by atoms with Crippen LogP contribution < -0.4 is 5.32 Å². The molecule has 1 N–H and O–H groups in total. The summed E-state index contributed by atoms with van der Waals surface area (Å²) in [6.07, 6.45) is 9.66. The Morgan fingerprint density at radius 2 is 1.61 bits per heavy atom. The van der Waals surface area contributed by atoms with E-state index in [9.17, 15) is 4.79 Å². The van der Waals surface area contributed by atoms with Gasteiger partial charge in [0.2, 0.25) is 5.91 Å². The van der Waals surface area contributed by atoms with Crippen LogP contribution in [0.5, 0.6) is 0 Å². The molecule has 0 bridgehead atoms. The van der Waals surface area contributed by atoms with Crippen LogP contribution in [-0.4, -0.2) is 29.9 Å². The number of nitrogens with zero attached hydrogens (tertiary/aromatic N) is 1. The van der Waals surface area contributed by atoms with E-state index in [-0.39, 0.29) is 11.9 Å². The van der Waals surface area contributed by atoms with Gasteiger partial charge in [-0.25, -0.2) is 0 Å². The Morgan fingerprint density at radius 1 is 1.00 bits per heavy atom. The lowest BCUT2D eigenvalue weighted by Crippen LogP contribution is -2.46. The van der Waals surface area contributed by atoms with Gasteiger partial charge < -0.3 is 5.32 Å². The molecule has 1 amide bonds. The molecule has 0 aromatic heterocycles. The third-order valence-corrected chi connectivity index (χ3v) is 5.39. The minimum Gasteiger partial charge on any atom is -0.352 e. The minimum atomic E-state index is -0.172. The van der Waals surface area contributed by atoms with Crippen molar-refractivity contribution in [2.45, 2.75) is 63.5 Å². The molecule has 4 heteroatoms. The average Bonchev–Trinajstić information content (AvgIpc) is 2.59. The van der Waals surface area contributed by atoms with Crippen LogP contribution in [0, 0.1) is 0 Å². The number of rotatable bonds is 4. The van der Waals surface area contributed by atoms with Crippen LogP contribution in [-0.2, 0) is 4.79 Å². The second kappa shape index (κ2) is 8.16. The third kappa shape index (κ3) is 4.48. The van der Waals surface area contributed by atoms with E-state index in [1.165, 1.54) is 38.5 Å². The summed E-state index contributed by atoms with van der Waals surface area (Å²) in [5.74, 6) is 0.168. The molecule has 1 aromatic rings. The summed E-state index contributed by atoms with van der Waals surface area (Å²) in [6.45, 7) is 2.01. The first kappa shape index (κ1) is 16.8. The highest BCUT2D eigenvalue weighted by Gasteiger charge is 2.30. The lowest BCUT2D eigenvalue weighted by Gasteiger charge is -2.35. The summed E-state index contributed by atoms with van der Waals surface area (Å²) in [5, 5.41) is 4.04. The van der Waals surface area contributed by atoms with Gasteiger partial charge in [0.1, 0.15) is 6.04 Å². The summed E-state index contributed by atoms with van der Waals surface area (Å²) in [7, 11) is 0. The number of likely N-dealkylation sites (tertiary alicyclic amines) is 1. The van der Waals surface area contributed by atoms with Crippen molar-refractivity contribution >= 4 is 17.5 Å². The van der Waals surface area contributed by atoms with Crippen molar-refractivity contribution in [1.29, 1.82) is 0 Å². The van der Waals surface area contributed by atoms with Crippen molar-refractivity contribution in [1.82, 2.24) is 10.2 Å². The Labute approximate surface area is 144 Å². The van der Waals surface area contributed by atoms with Crippen LogP contribution in [0.4, 0.5) is 0 Å². The zero-order valence-electron chi connectivity index (χ0n) is 13.8. The first-order chi connectivity index (χ1) is 11.2. The van der Waals surface area contributed by atoms with Crippen molar-refractivity contribution in [2.75, 3.05) is 13.1 Å². The van der Waals surface area contributed by atoms with Crippen molar-refractivity contribution in [2.24, 2.45) is 0 Å². The van der Waals surface area contributed by atoms with Crippen LogP contribution in [0.15, 0.2) is 24.3 Å². The van der Waals surface area contributed by atoms with Gasteiger partial charge in [0.05, 0.1) is 0 Å². The van der Waals surface area contributed by atoms with Gasteiger partial charge in [0, 0.05) is 11.1 Å². The minimum absolute atomic E-state index is 0.168. The van der Waals surface area contributed by atoms with E-state index in [0.717, 1.165) is 36.5 Å². The van der Waals surface area contributed by atoms with Gasteiger partial charge in [-0.3, -0.25) is 9.69 Å². The number of carbonyl (C=O) groups excluding carboxylic acids is 1. The maximum absolute atomic E-state index is 13.0. The van der Waals surface area contributed by atoms with E-state index < -0.39 is 0 Å². The molecule has 3 rings (SSSR count). The summed E-state index contributed by atoms with van der Waals surface area (Å²) < 4.78 is 0. The predicted molar refractivity (Wildman–Crippen MR) is 94.6 cm³/mol. The molecule has 2 fully saturated rings. The molecule has 0 spiro atoms. The van der Waals surface area contributed by atoms with Crippen molar-refractivity contribution < 1.29 is 4.79 Å². The molecule has 1 aliphatic heterocycles. The summed E-state index contributed by atoms with van der Waals surface area (Å²) in [4.78, 5) is 15.3. The normalized spacial score (nSPS) is 21.8. The van der Waals surface area contributed by atoms with Crippen LogP contribution in [0.1, 0.15) is 63.0 Å². The highest BCUT2D eigenvalue weighted by molar-refractivity contribution is 6.30. The van der Waals surface area contributed by atoms with E-state index in [0.29, 0.717) is 6.04 Å². The van der Waals surface area contributed by atoms with Crippen molar-refractivity contribution in [3.05, 3.63) is 34.9 Å². The van der Waals surface area contributed by atoms with Gasteiger partial charge in [0.15, 0.2) is 0 Å². The number of hydrogen-bond donors (Lipinski definition) is 1. The average molecular weight is 335 g/mol. The van der Waals surface area contributed by atoms with E-state index in [1.54, 1.807) is 0 Å². The first-order valence-corrected chi connectivity index (χ1v) is 9.42. The first-order valence-electron chi connectivity index (χ1n) is 9.04. The van der Waals surface area contributed by atoms with Gasteiger partial charge in [-0.15, -0.1) is 0 Å². The fraction of sp³-hybridized carbons (Fsp3) is 0.632. The van der Waals surface area contributed by atoms with Gasteiger partial charge in [-0.1, -0.05) is 49.4 Å². The van der Waals surface area contributed by atoms with Crippen LogP contribution in [0.3, 0.4) is 0 Å². The summed E-state index contributed by atoms with van der Waals surface area (Å²) in [5.41, 5.74) is 1.06. The Kier molecular flexibility index (Phi) is 5.96. The maximum Gasteiger partial charge on any atom is 0.242 e. The number of carbonyl (C=O) groups is 1. The third-order valence-electron chi connectivity index (χ3n) is 5.14. The number of amides is 1. The lowest BCUT2D eigenvalue weighted by molar-refractivity contribution is -0.128. The molecule has 1 saturated carbocycles. The number of nitrogens with one attached hydrogen (secondary N) is 1. The van der Waals surface area contributed by atoms with Gasteiger partial charge >= 0.3 is 0 Å². The molecule has 126 valence electrons. The number of benzene rings is 1. The Morgan fingerprint density at radius 3 is 2.26 bits per heavy atom. The molecular weight excluding hydrogens is 308 g/mol. The van der Waals surface area contributed by atoms with Crippen molar-refractivity contribution in [3.63, 3.8) is 0 Å². The topological polar surface area (TPSA) is 32.3 Å². The van der Waals surface area contributed by atoms with E-state index in [2.05, 4.69) is 10.2 Å². The monoisotopic (exact) mass is 334 g/mol. The predicted octanol–water partition coefficient (Wildman–Crippen LogP) is 4.32. The smallest absolute Gasteiger partial charge is 0.242 e. The molecule has 1 aromatic carbocycles.